The fourth-order valence-corrected chi connectivity index (χ4v) is 3.14. The SMILES string of the molecule is CCC1CN(Cc2cc(OC)c(OC)cc2C)CCC1N. The quantitative estimate of drug-likeness (QED) is 0.906. The Hall–Kier alpha value is -1.26. The summed E-state index contributed by atoms with van der Waals surface area (Å²) < 4.78 is 10.8. The molecule has 1 aromatic carbocycles. The molecule has 2 N–H and O–H groups in total. The van der Waals surface area contributed by atoms with Crippen LogP contribution in [0.15, 0.2) is 12.1 Å². The van der Waals surface area contributed by atoms with Gasteiger partial charge in [0.2, 0.25) is 0 Å². The number of ether oxygens (including phenoxy) is 2. The molecule has 0 bridgehead atoms. The molecule has 2 atom stereocenters. The van der Waals surface area contributed by atoms with E-state index in [9.17, 15) is 0 Å². The predicted octanol–water partition coefficient (Wildman–Crippen LogP) is 2.57. The van der Waals surface area contributed by atoms with Gasteiger partial charge in [-0.15, -0.1) is 0 Å². The predicted molar refractivity (Wildman–Crippen MR) is 85.9 cm³/mol. The van der Waals surface area contributed by atoms with Crippen LogP contribution in [0.2, 0.25) is 0 Å². The van der Waals surface area contributed by atoms with Crippen LogP contribution in [0.4, 0.5) is 0 Å². The first kappa shape index (κ1) is 16.1. The molecule has 1 aromatic rings. The van der Waals surface area contributed by atoms with Crippen LogP contribution in [0, 0.1) is 12.8 Å². The summed E-state index contributed by atoms with van der Waals surface area (Å²) in [5, 5.41) is 0. The molecule has 4 heteroatoms. The number of nitrogens with two attached hydrogens (primary N) is 1. The van der Waals surface area contributed by atoms with Gasteiger partial charge < -0.3 is 15.2 Å². The third-order valence-corrected chi connectivity index (χ3v) is 4.64. The van der Waals surface area contributed by atoms with Crippen molar-refractivity contribution in [2.45, 2.75) is 39.3 Å². The molecule has 0 aliphatic carbocycles. The molecular formula is C17H28N2O2. The summed E-state index contributed by atoms with van der Waals surface area (Å²) in [6.07, 6.45) is 2.24. The highest BCUT2D eigenvalue weighted by Gasteiger charge is 2.25. The molecule has 1 fully saturated rings. The zero-order valence-electron chi connectivity index (χ0n) is 13.7. The van der Waals surface area contributed by atoms with Gasteiger partial charge in [0, 0.05) is 19.1 Å². The Morgan fingerprint density at radius 1 is 1.24 bits per heavy atom. The first-order valence-electron chi connectivity index (χ1n) is 7.78. The molecule has 0 amide bonds. The Morgan fingerprint density at radius 3 is 2.52 bits per heavy atom. The number of aryl methyl sites for hydroxylation is 1. The topological polar surface area (TPSA) is 47.7 Å². The summed E-state index contributed by atoms with van der Waals surface area (Å²) in [6, 6.07) is 4.52. The third-order valence-electron chi connectivity index (χ3n) is 4.64. The minimum Gasteiger partial charge on any atom is -0.493 e. The van der Waals surface area contributed by atoms with Crippen molar-refractivity contribution in [2.75, 3.05) is 27.3 Å². The van der Waals surface area contributed by atoms with E-state index in [1.807, 2.05) is 0 Å². The van der Waals surface area contributed by atoms with Crippen molar-refractivity contribution >= 4 is 0 Å². The summed E-state index contributed by atoms with van der Waals surface area (Å²) in [6.45, 7) is 7.48. The van der Waals surface area contributed by atoms with E-state index in [1.54, 1.807) is 14.2 Å². The van der Waals surface area contributed by atoms with E-state index in [-0.39, 0.29) is 0 Å². The van der Waals surface area contributed by atoms with Crippen LogP contribution in [0.3, 0.4) is 0 Å². The van der Waals surface area contributed by atoms with Gasteiger partial charge in [-0.1, -0.05) is 13.3 Å². The maximum Gasteiger partial charge on any atom is 0.161 e. The van der Waals surface area contributed by atoms with Gasteiger partial charge in [0.1, 0.15) is 0 Å². The molecule has 0 radical (unpaired) electrons. The van der Waals surface area contributed by atoms with Crippen molar-refractivity contribution in [2.24, 2.45) is 11.7 Å². The number of methoxy groups -OCH3 is 2. The number of benzene rings is 1. The average molecular weight is 292 g/mol. The van der Waals surface area contributed by atoms with Crippen molar-refractivity contribution < 1.29 is 9.47 Å². The van der Waals surface area contributed by atoms with Crippen LogP contribution in [0.1, 0.15) is 30.9 Å². The highest BCUT2D eigenvalue weighted by molar-refractivity contribution is 5.47. The Labute approximate surface area is 128 Å². The molecule has 1 saturated heterocycles. The molecule has 118 valence electrons. The van der Waals surface area contributed by atoms with E-state index >= 15 is 0 Å². The zero-order chi connectivity index (χ0) is 15.4. The summed E-state index contributed by atoms with van der Waals surface area (Å²) in [4.78, 5) is 2.51. The highest BCUT2D eigenvalue weighted by atomic mass is 16.5. The van der Waals surface area contributed by atoms with E-state index in [4.69, 9.17) is 15.2 Å². The van der Waals surface area contributed by atoms with Crippen LogP contribution in [-0.4, -0.2) is 38.3 Å². The molecule has 1 aliphatic rings. The maximum absolute atomic E-state index is 6.20. The maximum atomic E-state index is 6.20. The van der Waals surface area contributed by atoms with E-state index in [2.05, 4.69) is 30.9 Å². The first-order valence-corrected chi connectivity index (χ1v) is 7.78. The number of piperidine rings is 1. The van der Waals surface area contributed by atoms with Gasteiger partial charge in [-0.25, -0.2) is 0 Å². The molecule has 2 unspecified atom stereocenters. The lowest BCUT2D eigenvalue weighted by Crippen LogP contribution is -2.46. The largest absolute Gasteiger partial charge is 0.493 e. The number of rotatable bonds is 5. The second-order valence-electron chi connectivity index (χ2n) is 5.99. The van der Waals surface area contributed by atoms with E-state index < -0.39 is 0 Å². The van der Waals surface area contributed by atoms with Crippen LogP contribution in [0.25, 0.3) is 0 Å². The Kier molecular flexibility index (Phi) is 5.48. The highest BCUT2D eigenvalue weighted by Crippen LogP contribution is 2.31. The van der Waals surface area contributed by atoms with E-state index in [1.165, 1.54) is 11.1 Å². The van der Waals surface area contributed by atoms with Crippen LogP contribution in [-0.2, 0) is 6.54 Å². The summed E-state index contributed by atoms with van der Waals surface area (Å²) in [5.74, 6) is 2.21. The average Bonchev–Trinajstić information content (AvgIpc) is 2.50. The third kappa shape index (κ3) is 3.69. The summed E-state index contributed by atoms with van der Waals surface area (Å²) in [5.41, 5.74) is 8.74. The normalized spacial score (nSPS) is 23.1. The molecule has 2 rings (SSSR count). The Morgan fingerprint density at radius 2 is 1.90 bits per heavy atom. The molecule has 1 heterocycles. The van der Waals surface area contributed by atoms with Crippen molar-refractivity contribution in [3.05, 3.63) is 23.3 Å². The van der Waals surface area contributed by atoms with Gasteiger partial charge >= 0.3 is 0 Å². The summed E-state index contributed by atoms with van der Waals surface area (Å²) >= 11 is 0. The van der Waals surface area contributed by atoms with Gasteiger partial charge in [-0.2, -0.15) is 0 Å². The molecule has 1 aliphatic heterocycles. The minimum absolute atomic E-state index is 0.359. The van der Waals surface area contributed by atoms with E-state index in [0.29, 0.717) is 12.0 Å². The van der Waals surface area contributed by atoms with Gasteiger partial charge in [-0.3, -0.25) is 4.90 Å². The van der Waals surface area contributed by atoms with Gasteiger partial charge in [0.25, 0.3) is 0 Å². The lowest BCUT2D eigenvalue weighted by Gasteiger charge is -2.36. The van der Waals surface area contributed by atoms with Gasteiger partial charge in [-0.05, 0) is 49.1 Å². The van der Waals surface area contributed by atoms with Crippen molar-refractivity contribution in [1.29, 1.82) is 0 Å². The minimum atomic E-state index is 0.359. The lowest BCUT2D eigenvalue weighted by atomic mass is 9.90. The van der Waals surface area contributed by atoms with E-state index in [0.717, 1.165) is 44.0 Å². The first-order chi connectivity index (χ1) is 10.1. The standard InChI is InChI=1S/C17H28N2O2/c1-5-13-10-19(7-6-15(13)18)11-14-9-17(21-4)16(20-3)8-12(14)2/h8-9,13,15H,5-7,10-11,18H2,1-4H3. The molecule has 0 saturated carbocycles. The number of likely N-dealkylation sites (tertiary alicyclic amines) is 1. The fraction of sp³-hybridized carbons (Fsp3) is 0.647. The second-order valence-corrected chi connectivity index (χ2v) is 5.99. The molecule has 4 nitrogen and oxygen atoms in total. The molecule has 0 aromatic heterocycles. The lowest BCUT2D eigenvalue weighted by molar-refractivity contribution is 0.145. The smallest absolute Gasteiger partial charge is 0.161 e. The fourth-order valence-electron chi connectivity index (χ4n) is 3.14. The number of hydrogen-bond acceptors (Lipinski definition) is 4. The molecule has 21 heavy (non-hydrogen) atoms. The van der Waals surface area contributed by atoms with Crippen molar-refractivity contribution in [3.8, 4) is 11.5 Å². The van der Waals surface area contributed by atoms with Gasteiger partial charge in [0.05, 0.1) is 14.2 Å². The Bertz CT molecular complexity index is 476. The second kappa shape index (κ2) is 7.14. The number of nitrogens with zero attached hydrogens (tertiary/aromatic N) is 1. The van der Waals surface area contributed by atoms with Crippen LogP contribution in [0.5, 0.6) is 11.5 Å². The zero-order valence-corrected chi connectivity index (χ0v) is 13.7. The van der Waals surface area contributed by atoms with Gasteiger partial charge in [0.15, 0.2) is 11.5 Å². The Balaban J connectivity index is 2.12. The number of hydrogen-bond donors (Lipinski definition) is 1. The molecule has 0 spiro atoms. The monoisotopic (exact) mass is 292 g/mol. The van der Waals surface area contributed by atoms with Crippen LogP contribution >= 0.6 is 0 Å². The van der Waals surface area contributed by atoms with Crippen molar-refractivity contribution in [1.82, 2.24) is 4.90 Å². The van der Waals surface area contributed by atoms with Crippen molar-refractivity contribution in [3.63, 3.8) is 0 Å². The summed E-state index contributed by atoms with van der Waals surface area (Å²) in [7, 11) is 3.36. The van der Waals surface area contributed by atoms with Crippen LogP contribution < -0.4 is 15.2 Å². The molecular weight excluding hydrogens is 264 g/mol.